The highest BCUT2D eigenvalue weighted by atomic mass is 16.5. The van der Waals surface area contributed by atoms with E-state index in [0.29, 0.717) is 19.8 Å². The molecule has 0 aliphatic carbocycles. The maximum absolute atomic E-state index is 12.0. The standard InChI is InChI=1S/C13H21N3O3/c1-4-5-14-12(17)8-16-6-7-19-9-11(16)13(18)15-10(2)3/h1,10-11H,5-9H2,2-3H3,(H,14,17)(H,15,18). The number of morpholine rings is 1. The lowest BCUT2D eigenvalue weighted by Crippen LogP contribution is -2.56. The third-order valence-electron chi connectivity index (χ3n) is 2.71. The highest BCUT2D eigenvalue weighted by molar-refractivity contribution is 5.84. The summed E-state index contributed by atoms with van der Waals surface area (Å²) in [5.41, 5.74) is 0. The molecule has 0 radical (unpaired) electrons. The molecule has 1 saturated heterocycles. The van der Waals surface area contributed by atoms with Gasteiger partial charge in [-0.25, -0.2) is 0 Å². The number of amides is 2. The summed E-state index contributed by atoms with van der Waals surface area (Å²) < 4.78 is 5.31. The Morgan fingerprint density at radius 2 is 2.26 bits per heavy atom. The molecule has 0 saturated carbocycles. The molecule has 1 rings (SSSR count). The van der Waals surface area contributed by atoms with Crippen LogP contribution < -0.4 is 10.6 Å². The van der Waals surface area contributed by atoms with Crippen LogP contribution in [0.25, 0.3) is 0 Å². The monoisotopic (exact) mass is 267 g/mol. The first-order valence-electron chi connectivity index (χ1n) is 6.37. The van der Waals surface area contributed by atoms with Crippen molar-refractivity contribution in [1.82, 2.24) is 15.5 Å². The molecule has 1 aliphatic rings. The van der Waals surface area contributed by atoms with Crippen molar-refractivity contribution in [1.29, 1.82) is 0 Å². The first kappa shape index (κ1) is 15.5. The summed E-state index contributed by atoms with van der Waals surface area (Å²) in [6, 6.07) is -0.362. The second kappa shape index (κ2) is 7.77. The van der Waals surface area contributed by atoms with Crippen LogP contribution in [-0.2, 0) is 14.3 Å². The van der Waals surface area contributed by atoms with E-state index in [1.807, 2.05) is 18.7 Å². The van der Waals surface area contributed by atoms with Gasteiger partial charge in [0.2, 0.25) is 11.8 Å². The minimum Gasteiger partial charge on any atom is -0.378 e. The zero-order valence-electron chi connectivity index (χ0n) is 11.4. The smallest absolute Gasteiger partial charge is 0.239 e. The molecular weight excluding hydrogens is 246 g/mol. The number of carbonyl (C=O) groups excluding carboxylic acids is 2. The normalized spacial score (nSPS) is 19.8. The van der Waals surface area contributed by atoms with Crippen molar-refractivity contribution in [3.05, 3.63) is 0 Å². The van der Waals surface area contributed by atoms with Gasteiger partial charge in [0.1, 0.15) is 6.04 Å². The SMILES string of the molecule is C#CCNC(=O)CN1CCOCC1C(=O)NC(C)C. The molecule has 1 fully saturated rings. The maximum atomic E-state index is 12.0. The third kappa shape index (κ3) is 5.28. The molecule has 1 unspecified atom stereocenters. The highest BCUT2D eigenvalue weighted by Crippen LogP contribution is 2.07. The van der Waals surface area contributed by atoms with Gasteiger partial charge in [0.05, 0.1) is 26.3 Å². The molecule has 0 aromatic rings. The lowest BCUT2D eigenvalue weighted by Gasteiger charge is -2.34. The lowest BCUT2D eigenvalue weighted by molar-refractivity contribution is -0.135. The van der Waals surface area contributed by atoms with E-state index in [9.17, 15) is 9.59 Å². The van der Waals surface area contributed by atoms with E-state index < -0.39 is 6.04 Å². The summed E-state index contributed by atoms with van der Waals surface area (Å²) in [4.78, 5) is 25.5. The first-order chi connectivity index (χ1) is 9.04. The Bertz CT molecular complexity index is 363. The van der Waals surface area contributed by atoms with Crippen molar-refractivity contribution in [2.75, 3.05) is 32.8 Å². The van der Waals surface area contributed by atoms with Crippen LogP contribution in [0.4, 0.5) is 0 Å². The average molecular weight is 267 g/mol. The topological polar surface area (TPSA) is 70.7 Å². The summed E-state index contributed by atoms with van der Waals surface area (Å²) >= 11 is 0. The van der Waals surface area contributed by atoms with Crippen molar-refractivity contribution in [3.63, 3.8) is 0 Å². The van der Waals surface area contributed by atoms with Gasteiger partial charge < -0.3 is 15.4 Å². The van der Waals surface area contributed by atoms with Crippen molar-refractivity contribution in [2.24, 2.45) is 0 Å². The molecule has 1 aliphatic heterocycles. The minimum atomic E-state index is -0.423. The van der Waals surface area contributed by atoms with Crippen LogP contribution in [0, 0.1) is 12.3 Å². The van der Waals surface area contributed by atoms with Crippen molar-refractivity contribution in [2.45, 2.75) is 25.9 Å². The summed E-state index contributed by atoms with van der Waals surface area (Å²) in [5.74, 6) is 2.05. The van der Waals surface area contributed by atoms with Gasteiger partial charge in [-0.2, -0.15) is 0 Å². The van der Waals surface area contributed by atoms with E-state index in [-0.39, 0.29) is 30.9 Å². The molecule has 0 aromatic heterocycles. The average Bonchev–Trinajstić information content (AvgIpc) is 2.36. The predicted molar refractivity (Wildman–Crippen MR) is 71.3 cm³/mol. The van der Waals surface area contributed by atoms with Gasteiger partial charge in [-0.05, 0) is 13.8 Å². The van der Waals surface area contributed by atoms with E-state index in [1.54, 1.807) is 0 Å². The second-order valence-electron chi connectivity index (χ2n) is 4.71. The van der Waals surface area contributed by atoms with Crippen molar-refractivity contribution in [3.8, 4) is 12.3 Å². The molecular formula is C13H21N3O3. The number of carbonyl (C=O) groups is 2. The van der Waals surface area contributed by atoms with Gasteiger partial charge in [0.25, 0.3) is 0 Å². The number of rotatable bonds is 5. The van der Waals surface area contributed by atoms with Crippen LogP contribution in [0.3, 0.4) is 0 Å². The second-order valence-corrected chi connectivity index (χ2v) is 4.71. The van der Waals surface area contributed by atoms with Gasteiger partial charge in [0, 0.05) is 12.6 Å². The summed E-state index contributed by atoms with van der Waals surface area (Å²) in [6.07, 6.45) is 5.08. The molecule has 1 heterocycles. The molecule has 0 bridgehead atoms. The summed E-state index contributed by atoms with van der Waals surface area (Å²) in [7, 11) is 0. The molecule has 1 atom stereocenters. The van der Waals surface area contributed by atoms with E-state index in [2.05, 4.69) is 16.6 Å². The van der Waals surface area contributed by atoms with Gasteiger partial charge in [-0.15, -0.1) is 6.42 Å². The Kier molecular flexibility index (Phi) is 6.33. The van der Waals surface area contributed by atoms with Crippen LogP contribution in [0.5, 0.6) is 0 Å². The van der Waals surface area contributed by atoms with Crippen LogP contribution in [0.1, 0.15) is 13.8 Å². The van der Waals surface area contributed by atoms with Crippen molar-refractivity contribution < 1.29 is 14.3 Å². The number of terminal acetylenes is 1. The molecule has 6 nitrogen and oxygen atoms in total. The number of ether oxygens (including phenoxy) is 1. The molecule has 6 heteroatoms. The van der Waals surface area contributed by atoms with E-state index in [4.69, 9.17) is 11.2 Å². The quantitative estimate of drug-likeness (QED) is 0.624. The molecule has 2 N–H and O–H groups in total. The highest BCUT2D eigenvalue weighted by Gasteiger charge is 2.30. The minimum absolute atomic E-state index is 0.0616. The third-order valence-corrected chi connectivity index (χ3v) is 2.71. The van der Waals surface area contributed by atoms with Crippen LogP contribution >= 0.6 is 0 Å². The Morgan fingerprint density at radius 1 is 1.53 bits per heavy atom. The maximum Gasteiger partial charge on any atom is 0.239 e. The largest absolute Gasteiger partial charge is 0.378 e. The van der Waals surface area contributed by atoms with E-state index in [1.165, 1.54) is 0 Å². The predicted octanol–water partition coefficient (Wildman–Crippen LogP) is -1.04. The molecule has 0 aromatic carbocycles. The van der Waals surface area contributed by atoms with Crippen molar-refractivity contribution >= 4 is 11.8 Å². The van der Waals surface area contributed by atoms with Gasteiger partial charge in [-0.3, -0.25) is 14.5 Å². The van der Waals surface area contributed by atoms with Gasteiger partial charge in [-0.1, -0.05) is 5.92 Å². The Labute approximate surface area is 113 Å². The lowest BCUT2D eigenvalue weighted by atomic mass is 10.2. The van der Waals surface area contributed by atoms with Crippen LogP contribution in [0.2, 0.25) is 0 Å². The fourth-order valence-electron chi connectivity index (χ4n) is 1.84. The van der Waals surface area contributed by atoms with Crippen LogP contribution in [-0.4, -0.2) is 61.6 Å². The van der Waals surface area contributed by atoms with Gasteiger partial charge in [0.15, 0.2) is 0 Å². The summed E-state index contributed by atoms with van der Waals surface area (Å²) in [5, 5.41) is 5.42. The number of hydrogen-bond acceptors (Lipinski definition) is 4. The number of hydrogen-bond donors (Lipinski definition) is 2. The zero-order valence-corrected chi connectivity index (χ0v) is 11.4. The van der Waals surface area contributed by atoms with E-state index >= 15 is 0 Å². The van der Waals surface area contributed by atoms with Crippen LogP contribution in [0.15, 0.2) is 0 Å². The summed E-state index contributed by atoms with van der Waals surface area (Å²) in [6.45, 7) is 5.53. The molecule has 106 valence electrons. The Hall–Kier alpha value is -1.58. The Balaban J connectivity index is 2.55. The fraction of sp³-hybridized carbons (Fsp3) is 0.692. The molecule has 2 amide bonds. The Morgan fingerprint density at radius 3 is 2.89 bits per heavy atom. The van der Waals surface area contributed by atoms with E-state index in [0.717, 1.165) is 0 Å². The molecule has 0 spiro atoms. The zero-order chi connectivity index (χ0) is 14.3. The number of nitrogens with zero attached hydrogens (tertiary/aromatic N) is 1. The number of nitrogens with one attached hydrogen (secondary N) is 2. The molecule has 19 heavy (non-hydrogen) atoms. The fourth-order valence-corrected chi connectivity index (χ4v) is 1.84. The first-order valence-corrected chi connectivity index (χ1v) is 6.37. The van der Waals surface area contributed by atoms with Gasteiger partial charge >= 0.3 is 0 Å².